The van der Waals surface area contributed by atoms with Crippen molar-refractivity contribution in [3.63, 3.8) is 0 Å². The average molecular weight is 265 g/mol. The summed E-state index contributed by atoms with van der Waals surface area (Å²) in [6.45, 7) is 0. The molecule has 0 aliphatic carbocycles. The third kappa shape index (κ3) is 3.85. The van der Waals surface area contributed by atoms with Crippen LogP contribution in [-0.2, 0) is 15.9 Å². The molecule has 104 valence electrons. The zero-order valence-electron chi connectivity index (χ0n) is 11.7. The van der Waals surface area contributed by atoms with Crippen LogP contribution in [0.15, 0.2) is 18.2 Å². The highest BCUT2D eigenvalue weighted by Crippen LogP contribution is 2.29. The maximum atomic E-state index is 9.18. The summed E-state index contributed by atoms with van der Waals surface area (Å²) in [4.78, 5) is 0. The van der Waals surface area contributed by atoms with Gasteiger partial charge in [-0.05, 0) is 24.1 Å². The highest BCUT2D eigenvalue weighted by atomic mass is 16.7. The fourth-order valence-electron chi connectivity index (χ4n) is 1.89. The third-order valence-electron chi connectivity index (χ3n) is 2.86. The van der Waals surface area contributed by atoms with E-state index in [0.717, 1.165) is 5.56 Å². The van der Waals surface area contributed by atoms with Gasteiger partial charge < -0.3 is 18.9 Å². The smallest absolute Gasteiger partial charge is 0.172 e. The third-order valence-corrected chi connectivity index (χ3v) is 2.86. The molecular formula is C14H19NO4. The highest BCUT2D eigenvalue weighted by molar-refractivity contribution is 5.43. The molecule has 0 aromatic heterocycles. The SMILES string of the molecule is COc1ccc(C[C@@H](C#N)C(OC)OC)cc1OC. The molecule has 1 atom stereocenters. The minimum Gasteiger partial charge on any atom is -0.493 e. The summed E-state index contributed by atoms with van der Waals surface area (Å²) in [5.41, 5.74) is 0.961. The van der Waals surface area contributed by atoms with Gasteiger partial charge in [-0.3, -0.25) is 0 Å². The van der Waals surface area contributed by atoms with Crippen molar-refractivity contribution in [2.24, 2.45) is 5.92 Å². The second kappa shape index (κ2) is 7.62. The van der Waals surface area contributed by atoms with Gasteiger partial charge in [0.25, 0.3) is 0 Å². The highest BCUT2D eigenvalue weighted by Gasteiger charge is 2.21. The van der Waals surface area contributed by atoms with Crippen LogP contribution in [0.25, 0.3) is 0 Å². The van der Waals surface area contributed by atoms with E-state index in [4.69, 9.17) is 18.9 Å². The monoisotopic (exact) mass is 265 g/mol. The van der Waals surface area contributed by atoms with Crippen molar-refractivity contribution in [2.75, 3.05) is 28.4 Å². The first-order valence-corrected chi connectivity index (χ1v) is 5.86. The molecule has 1 rings (SSSR count). The van der Waals surface area contributed by atoms with E-state index >= 15 is 0 Å². The van der Waals surface area contributed by atoms with Gasteiger partial charge in [0.05, 0.1) is 20.3 Å². The largest absolute Gasteiger partial charge is 0.493 e. The standard InChI is InChI=1S/C14H19NO4/c1-16-12-6-5-10(8-13(12)17-2)7-11(9-15)14(18-3)19-4/h5-6,8,11,14H,7H2,1-4H3/t11-/m0/s1. The molecule has 0 N–H and O–H groups in total. The number of rotatable bonds is 7. The summed E-state index contributed by atoms with van der Waals surface area (Å²) < 4.78 is 20.7. The van der Waals surface area contributed by atoms with Gasteiger partial charge in [-0.25, -0.2) is 0 Å². The van der Waals surface area contributed by atoms with E-state index in [2.05, 4.69) is 6.07 Å². The Kier molecular flexibility index (Phi) is 6.13. The number of hydrogen-bond acceptors (Lipinski definition) is 5. The molecule has 5 heteroatoms. The Bertz CT molecular complexity index is 438. The second-order valence-electron chi connectivity index (χ2n) is 3.97. The van der Waals surface area contributed by atoms with Gasteiger partial charge >= 0.3 is 0 Å². The zero-order chi connectivity index (χ0) is 14.3. The normalized spacial score (nSPS) is 12.0. The molecule has 0 heterocycles. The molecule has 5 nitrogen and oxygen atoms in total. The number of benzene rings is 1. The molecule has 0 aliphatic heterocycles. The molecular weight excluding hydrogens is 246 g/mol. The van der Waals surface area contributed by atoms with Crippen molar-refractivity contribution in [1.82, 2.24) is 0 Å². The van der Waals surface area contributed by atoms with Gasteiger partial charge in [0.2, 0.25) is 0 Å². The molecule has 0 unspecified atom stereocenters. The minimum absolute atomic E-state index is 0.381. The number of nitrogens with zero attached hydrogens (tertiary/aromatic N) is 1. The van der Waals surface area contributed by atoms with Crippen molar-refractivity contribution in [3.8, 4) is 17.6 Å². The maximum absolute atomic E-state index is 9.18. The fourth-order valence-corrected chi connectivity index (χ4v) is 1.89. The first-order chi connectivity index (χ1) is 9.19. The lowest BCUT2D eigenvalue weighted by Gasteiger charge is -2.19. The van der Waals surface area contributed by atoms with Gasteiger partial charge in [0.15, 0.2) is 17.8 Å². The van der Waals surface area contributed by atoms with Crippen LogP contribution >= 0.6 is 0 Å². The van der Waals surface area contributed by atoms with Crippen LogP contribution in [0.2, 0.25) is 0 Å². The second-order valence-corrected chi connectivity index (χ2v) is 3.97. The van der Waals surface area contributed by atoms with Gasteiger partial charge in [-0.15, -0.1) is 0 Å². The molecule has 0 amide bonds. The van der Waals surface area contributed by atoms with E-state index in [1.165, 1.54) is 14.2 Å². The van der Waals surface area contributed by atoms with Crippen LogP contribution in [0.1, 0.15) is 5.56 Å². The minimum atomic E-state index is -0.543. The van der Waals surface area contributed by atoms with Crippen LogP contribution in [0.3, 0.4) is 0 Å². The molecule has 19 heavy (non-hydrogen) atoms. The first kappa shape index (κ1) is 15.3. The molecule has 0 spiro atoms. The lowest BCUT2D eigenvalue weighted by Crippen LogP contribution is -2.25. The van der Waals surface area contributed by atoms with Crippen LogP contribution in [0.5, 0.6) is 11.5 Å². The van der Waals surface area contributed by atoms with Crippen LogP contribution < -0.4 is 9.47 Å². The van der Waals surface area contributed by atoms with Crippen molar-refractivity contribution in [3.05, 3.63) is 23.8 Å². The van der Waals surface area contributed by atoms with E-state index in [9.17, 15) is 5.26 Å². The predicted octanol–water partition coefficient (Wildman–Crippen LogP) is 2.00. The van der Waals surface area contributed by atoms with Gasteiger partial charge in [0.1, 0.15) is 5.92 Å². The molecule has 0 fully saturated rings. The van der Waals surface area contributed by atoms with Crippen LogP contribution in [0, 0.1) is 17.2 Å². The predicted molar refractivity (Wildman–Crippen MR) is 70.2 cm³/mol. The average Bonchev–Trinajstić information content (AvgIpc) is 2.46. The van der Waals surface area contributed by atoms with Crippen molar-refractivity contribution < 1.29 is 18.9 Å². The Balaban J connectivity index is 2.89. The van der Waals surface area contributed by atoms with Crippen molar-refractivity contribution >= 4 is 0 Å². The molecule has 0 radical (unpaired) electrons. The lowest BCUT2D eigenvalue weighted by atomic mass is 9.99. The topological polar surface area (TPSA) is 60.7 Å². The number of nitriles is 1. The quantitative estimate of drug-likeness (QED) is 0.706. The lowest BCUT2D eigenvalue weighted by molar-refractivity contribution is -0.124. The molecule has 0 saturated heterocycles. The van der Waals surface area contributed by atoms with Crippen molar-refractivity contribution in [1.29, 1.82) is 5.26 Å². The van der Waals surface area contributed by atoms with E-state index in [1.807, 2.05) is 18.2 Å². The Morgan fingerprint density at radius 2 is 1.68 bits per heavy atom. The maximum Gasteiger partial charge on any atom is 0.172 e. The molecule has 1 aromatic carbocycles. The molecule has 0 aliphatic rings. The number of methoxy groups -OCH3 is 4. The Labute approximate surface area is 113 Å². The van der Waals surface area contributed by atoms with E-state index in [1.54, 1.807) is 14.2 Å². The fraction of sp³-hybridized carbons (Fsp3) is 0.500. The molecule has 1 aromatic rings. The van der Waals surface area contributed by atoms with Crippen LogP contribution in [-0.4, -0.2) is 34.7 Å². The van der Waals surface area contributed by atoms with E-state index in [0.29, 0.717) is 17.9 Å². The number of hydrogen-bond donors (Lipinski definition) is 0. The summed E-state index contributed by atoms with van der Waals surface area (Å²) in [6.07, 6.45) is -0.0264. The summed E-state index contributed by atoms with van der Waals surface area (Å²) in [5, 5.41) is 9.18. The Morgan fingerprint density at radius 1 is 1.05 bits per heavy atom. The van der Waals surface area contributed by atoms with Crippen LogP contribution in [0.4, 0.5) is 0 Å². The summed E-state index contributed by atoms with van der Waals surface area (Å²) in [5.74, 6) is 0.922. The summed E-state index contributed by atoms with van der Waals surface area (Å²) >= 11 is 0. The molecule has 0 bridgehead atoms. The van der Waals surface area contributed by atoms with Gasteiger partial charge in [-0.2, -0.15) is 5.26 Å². The van der Waals surface area contributed by atoms with E-state index in [-0.39, 0.29) is 5.92 Å². The van der Waals surface area contributed by atoms with Gasteiger partial charge in [0, 0.05) is 14.2 Å². The Morgan fingerprint density at radius 3 is 2.16 bits per heavy atom. The first-order valence-electron chi connectivity index (χ1n) is 5.86. The Hall–Kier alpha value is -1.77. The summed E-state index contributed by atoms with van der Waals surface area (Å²) in [7, 11) is 6.21. The number of ether oxygens (including phenoxy) is 4. The summed E-state index contributed by atoms with van der Waals surface area (Å²) in [6, 6.07) is 7.76. The zero-order valence-corrected chi connectivity index (χ0v) is 11.7. The van der Waals surface area contributed by atoms with Gasteiger partial charge in [-0.1, -0.05) is 6.07 Å². The van der Waals surface area contributed by atoms with E-state index < -0.39 is 6.29 Å². The van der Waals surface area contributed by atoms with Crippen molar-refractivity contribution in [2.45, 2.75) is 12.7 Å². The molecule has 0 saturated carbocycles.